The standard InChI is InChI=1S/C27H24N4O3/c1-19(21-9-11-25(12-10-21)34-18-20-5-3-13-28-16-20)30-26(32)22-6-2-8-24(15-22)31-27(33)23-7-4-14-29-17-23/h2-17,19H,18H2,1H3,(H,30,32)(H,31,33). The molecule has 0 aliphatic heterocycles. The number of benzene rings is 2. The minimum Gasteiger partial charge on any atom is -0.489 e. The van der Waals surface area contributed by atoms with Crippen molar-refractivity contribution in [1.29, 1.82) is 0 Å². The molecule has 34 heavy (non-hydrogen) atoms. The highest BCUT2D eigenvalue weighted by Gasteiger charge is 2.13. The smallest absolute Gasteiger partial charge is 0.257 e. The predicted molar refractivity (Wildman–Crippen MR) is 130 cm³/mol. The first-order valence-corrected chi connectivity index (χ1v) is 10.8. The van der Waals surface area contributed by atoms with E-state index in [1.54, 1.807) is 55.0 Å². The molecular formula is C27H24N4O3. The normalized spacial score (nSPS) is 11.3. The van der Waals surface area contributed by atoms with Crippen molar-refractivity contribution in [3.8, 4) is 5.75 Å². The van der Waals surface area contributed by atoms with Gasteiger partial charge in [0.15, 0.2) is 0 Å². The number of aromatic nitrogens is 2. The van der Waals surface area contributed by atoms with Gasteiger partial charge in [-0.1, -0.05) is 24.3 Å². The molecule has 0 spiro atoms. The zero-order valence-corrected chi connectivity index (χ0v) is 18.6. The van der Waals surface area contributed by atoms with Crippen molar-refractivity contribution in [2.24, 2.45) is 0 Å². The number of ether oxygens (including phenoxy) is 1. The van der Waals surface area contributed by atoms with Gasteiger partial charge in [-0.3, -0.25) is 19.6 Å². The predicted octanol–water partition coefficient (Wildman–Crippen LogP) is 4.80. The highest BCUT2D eigenvalue weighted by atomic mass is 16.5. The fourth-order valence-electron chi connectivity index (χ4n) is 3.30. The number of amides is 2. The molecule has 1 atom stereocenters. The molecule has 170 valence electrons. The Kier molecular flexibility index (Phi) is 7.25. The van der Waals surface area contributed by atoms with Gasteiger partial charge in [0.2, 0.25) is 0 Å². The van der Waals surface area contributed by atoms with E-state index in [9.17, 15) is 9.59 Å². The van der Waals surface area contributed by atoms with Crippen LogP contribution < -0.4 is 15.4 Å². The molecule has 0 fully saturated rings. The molecule has 7 nitrogen and oxygen atoms in total. The summed E-state index contributed by atoms with van der Waals surface area (Å²) >= 11 is 0. The van der Waals surface area contributed by atoms with Gasteiger partial charge >= 0.3 is 0 Å². The molecule has 4 rings (SSSR count). The maximum Gasteiger partial charge on any atom is 0.257 e. The molecule has 1 unspecified atom stereocenters. The van der Waals surface area contributed by atoms with Crippen LogP contribution in [-0.2, 0) is 6.61 Å². The second kappa shape index (κ2) is 10.9. The van der Waals surface area contributed by atoms with Gasteiger partial charge in [0.25, 0.3) is 11.8 Å². The van der Waals surface area contributed by atoms with E-state index < -0.39 is 0 Å². The topological polar surface area (TPSA) is 93.2 Å². The summed E-state index contributed by atoms with van der Waals surface area (Å²) in [5.41, 5.74) is 3.37. The van der Waals surface area contributed by atoms with E-state index >= 15 is 0 Å². The highest BCUT2D eigenvalue weighted by molar-refractivity contribution is 6.05. The van der Waals surface area contributed by atoms with Crippen LogP contribution in [0.15, 0.2) is 97.6 Å². The minimum absolute atomic E-state index is 0.214. The van der Waals surface area contributed by atoms with Crippen molar-refractivity contribution in [2.45, 2.75) is 19.6 Å². The molecule has 0 radical (unpaired) electrons. The lowest BCUT2D eigenvalue weighted by atomic mass is 10.1. The molecule has 2 N–H and O–H groups in total. The number of nitrogens with one attached hydrogen (secondary N) is 2. The van der Waals surface area contributed by atoms with Gasteiger partial charge in [0, 0.05) is 41.6 Å². The average Bonchev–Trinajstić information content (AvgIpc) is 2.89. The average molecular weight is 453 g/mol. The number of carbonyl (C=O) groups is 2. The van der Waals surface area contributed by atoms with Gasteiger partial charge in [0.05, 0.1) is 11.6 Å². The van der Waals surface area contributed by atoms with Crippen LogP contribution >= 0.6 is 0 Å². The van der Waals surface area contributed by atoms with Crippen LogP contribution in [0.3, 0.4) is 0 Å². The Hall–Kier alpha value is -4.52. The van der Waals surface area contributed by atoms with Gasteiger partial charge in [0.1, 0.15) is 12.4 Å². The molecule has 2 aromatic carbocycles. The minimum atomic E-state index is -0.287. The molecule has 2 heterocycles. The van der Waals surface area contributed by atoms with E-state index in [2.05, 4.69) is 20.6 Å². The third-order valence-corrected chi connectivity index (χ3v) is 5.16. The number of hydrogen-bond acceptors (Lipinski definition) is 5. The van der Waals surface area contributed by atoms with E-state index in [-0.39, 0.29) is 17.9 Å². The number of nitrogens with zero attached hydrogens (tertiary/aromatic N) is 2. The van der Waals surface area contributed by atoms with Gasteiger partial charge in [-0.15, -0.1) is 0 Å². The van der Waals surface area contributed by atoms with Crippen molar-refractivity contribution in [2.75, 3.05) is 5.32 Å². The molecule has 2 aromatic heterocycles. The molecule has 0 bridgehead atoms. The van der Waals surface area contributed by atoms with Crippen LogP contribution in [0, 0.1) is 0 Å². The van der Waals surface area contributed by atoms with Crippen molar-refractivity contribution >= 4 is 17.5 Å². The summed E-state index contributed by atoms with van der Waals surface area (Å²) in [5, 5.41) is 5.78. The first-order chi connectivity index (χ1) is 16.6. The van der Waals surface area contributed by atoms with Crippen LogP contribution in [0.2, 0.25) is 0 Å². The van der Waals surface area contributed by atoms with E-state index in [1.165, 1.54) is 6.20 Å². The van der Waals surface area contributed by atoms with Gasteiger partial charge in [-0.2, -0.15) is 0 Å². The summed E-state index contributed by atoms with van der Waals surface area (Å²) in [7, 11) is 0. The van der Waals surface area contributed by atoms with E-state index in [0.717, 1.165) is 16.9 Å². The lowest BCUT2D eigenvalue weighted by molar-refractivity contribution is 0.0938. The molecule has 0 saturated heterocycles. The number of hydrogen-bond donors (Lipinski definition) is 2. The van der Waals surface area contributed by atoms with E-state index in [1.807, 2.05) is 43.3 Å². The monoisotopic (exact) mass is 452 g/mol. The Morgan fingerprint density at radius 3 is 2.29 bits per heavy atom. The van der Waals surface area contributed by atoms with Crippen molar-refractivity contribution in [3.05, 3.63) is 120 Å². The van der Waals surface area contributed by atoms with Gasteiger partial charge < -0.3 is 15.4 Å². The molecule has 2 amide bonds. The Morgan fingerprint density at radius 1 is 0.853 bits per heavy atom. The van der Waals surface area contributed by atoms with Gasteiger partial charge in [-0.25, -0.2) is 0 Å². The molecule has 0 aliphatic rings. The van der Waals surface area contributed by atoms with E-state index in [4.69, 9.17) is 4.74 Å². The molecular weight excluding hydrogens is 428 g/mol. The maximum absolute atomic E-state index is 12.8. The van der Waals surface area contributed by atoms with Crippen LogP contribution in [0.4, 0.5) is 5.69 Å². The lowest BCUT2D eigenvalue weighted by Crippen LogP contribution is -2.26. The number of pyridine rings is 2. The summed E-state index contributed by atoms with van der Waals surface area (Å²) in [6.07, 6.45) is 6.59. The number of anilines is 1. The second-order valence-electron chi connectivity index (χ2n) is 7.69. The second-order valence-corrected chi connectivity index (χ2v) is 7.69. The fraction of sp³-hybridized carbons (Fsp3) is 0.111. The zero-order chi connectivity index (χ0) is 23.8. The summed E-state index contributed by atoms with van der Waals surface area (Å²) in [5.74, 6) is 0.218. The van der Waals surface area contributed by atoms with Gasteiger partial charge in [-0.05, 0) is 61.0 Å². The maximum atomic E-state index is 12.8. The van der Waals surface area contributed by atoms with Crippen LogP contribution in [-0.4, -0.2) is 21.8 Å². The summed E-state index contributed by atoms with van der Waals surface area (Å²) in [4.78, 5) is 33.2. The number of carbonyl (C=O) groups excluding carboxylic acids is 2. The first-order valence-electron chi connectivity index (χ1n) is 10.8. The fourth-order valence-corrected chi connectivity index (χ4v) is 3.30. The first kappa shape index (κ1) is 22.7. The SMILES string of the molecule is CC(NC(=O)c1cccc(NC(=O)c2cccnc2)c1)c1ccc(OCc2cccnc2)cc1. The quantitative estimate of drug-likeness (QED) is 0.401. The molecule has 7 heteroatoms. The Labute approximate surface area is 197 Å². The zero-order valence-electron chi connectivity index (χ0n) is 18.6. The lowest BCUT2D eigenvalue weighted by Gasteiger charge is -2.16. The summed E-state index contributed by atoms with van der Waals surface area (Å²) < 4.78 is 5.79. The van der Waals surface area contributed by atoms with Crippen molar-refractivity contribution < 1.29 is 14.3 Å². The van der Waals surface area contributed by atoms with Crippen LogP contribution in [0.5, 0.6) is 5.75 Å². The third-order valence-electron chi connectivity index (χ3n) is 5.16. The van der Waals surface area contributed by atoms with Crippen LogP contribution in [0.1, 0.15) is 44.8 Å². The Bertz CT molecular complexity index is 1250. The Balaban J connectivity index is 1.34. The van der Waals surface area contributed by atoms with Crippen molar-refractivity contribution in [1.82, 2.24) is 15.3 Å². The summed E-state index contributed by atoms with van der Waals surface area (Å²) in [6.45, 7) is 2.35. The van der Waals surface area contributed by atoms with Crippen molar-refractivity contribution in [3.63, 3.8) is 0 Å². The van der Waals surface area contributed by atoms with Crippen LogP contribution in [0.25, 0.3) is 0 Å². The number of rotatable bonds is 8. The van der Waals surface area contributed by atoms with E-state index in [0.29, 0.717) is 23.4 Å². The highest BCUT2D eigenvalue weighted by Crippen LogP contribution is 2.20. The molecule has 0 saturated carbocycles. The summed E-state index contributed by atoms with van der Waals surface area (Å²) in [6, 6.07) is 21.4. The molecule has 0 aliphatic carbocycles. The third kappa shape index (κ3) is 6.04. The Morgan fingerprint density at radius 2 is 1.59 bits per heavy atom. The molecule has 4 aromatic rings. The largest absolute Gasteiger partial charge is 0.489 e.